The summed E-state index contributed by atoms with van der Waals surface area (Å²) in [6, 6.07) is 0. The van der Waals surface area contributed by atoms with E-state index in [0.29, 0.717) is 11.8 Å². The second-order valence-corrected chi connectivity index (χ2v) is 4.69. The molecule has 0 aromatic rings. The van der Waals surface area contributed by atoms with Crippen LogP contribution in [0.2, 0.25) is 0 Å². The van der Waals surface area contributed by atoms with Gasteiger partial charge in [0.1, 0.15) is 0 Å². The lowest BCUT2D eigenvalue weighted by atomic mass is 9.93. The summed E-state index contributed by atoms with van der Waals surface area (Å²) in [4.78, 5) is 16.0. The highest BCUT2D eigenvalue weighted by Crippen LogP contribution is 2.21. The van der Waals surface area contributed by atoms with E-state index < -0.39 is 0 Å². The largest absolute Gasteiger partial charge is 0.343 e. The van der Waals surface area contributed by atoms with E-state index in [9.17, 15) is 4.79 Å². The first kappa shape index (κ1) is 9.97. The van der Waals surface area contributed by atoms with E-state index in [0.717, 1.165) is 32.6 Å². The first-order valence-electron chi connectivity index (χ1n) is 5.72. The van der Waals surface area contributed by atoms with E-state index in [1.165, 1.54) is 19.3 Å². The van der Waals surface area contributed by atoms with Gasteiger partial charge in [0.05, 0.1) is 0 Å². The summed E-state index contributed by atoms with van der Waals surface area (Å²) in [6.45, 7) is 4.34. The van der Waals surface area contributed by atoms with E-state index in [1.54, 1.807) is 0 Å². The molecule has 2 saturated heterocycles. The molecule has 1 amide bonds. The Morgan fingerprint density at radius 3 is 2.36 bits per heavy atom. The normalized spacial score (nSPS) is 24.8. The average Bonchev–Trinajstić information content (AvgIpc) is 2.06. The molecule has 3 heteroatoms. The quantitative estimate of drug-likeness (QED) is 0.656. The van der Waals surface area contributed by atoms with Crippen LogP contribution in [-0.2, 0) is 4.79 Å². The van der Waals surface area contributed by atoms with Gasteiger partial charge in [0.25, 0.3) is 0 Å². The van der Waals surface area contributed by atoms with Crippen molar-refractivity contribution in [1.29, 1.82) is 0 Å². The molecule has 80 valence electrons. The molecule has 2 heterocycles. The predicted molar refractivity (Wildman–Crippen MR) is 56.0 cm³/mol. The summed E-state index contributed by atoms with van der Waals surface area (Å²) in [5, 5.41) is 0. The Kier molecular flexibility index (Phi) is 3.06. The summed E-state index contributed by atoms with van der Waals surface area (Å²) in [5.74, 6) is 1.05. The van der Waals surface area contributed by atoms with E-state index in [4.69, 9.17) is 0 Å². The lowest BCUT2D eigenvalue weighted by Crippen LogP contribution is -2.43. The number of hydrogen-bond acceptors (Lipinski definition) is 2. The maximum atomic E-state index is 11.7. The van der Waals surface area contributed by atoms with Crippen molar-refractivity contribution < 1.29 is 4.79 Å². The topological polar surface area (TPSA) is 23.6 Å². The predicted octanol–water partition coefficient (Wildman–Crippen LogP) is 0.951. The number of rotatable bonds is 2. The van der Waals surface area contributed by atoms with Crippen molar-refractivity contribution in [2.75, 3.05) is 33.2 Å². The monoisotopic (exact) mass is 196 g/mol. The Balaban J connectivity index is 1.71. The van der Waals surface area contributed by atoms with Crippen molar-refractivity contribution >= 4 is 5.91 Å². The van der Waals surface area contributed by atoms with Gasteiger partial charge in [-0.25, -0.2) is 0 Å². The first-order chi connectivity index (χ1) is 6.75. The van der Waals surface area contributed by atoms with Crippen molar-refractivity contribution in [3.05, 3.63) is 0 Å². The van der Waals surface area contributed by atoms with E-state index in [1.807, 2.05) is 4.90 Å². The van der Waals surface area contributed by atoms with Crippen molar-refractivity contribution in [1.82, 2.24) is 9.80 Å². The van der Waals surface area contributed by atoms with Gasteiger partial charge in [0.15, 0.2) is 0 Å². The van der Waals surface area contributed by atoms with Gasteiger partial charge >= 0.3 is 0 Å². The Labute approximate surface area is 86.1 Å². The molecule has 14 heavy (non-hydrogen) atoms. The van der Waals surface area contributed by atoms with Crippen LogP contribution < -0.4 is 0 Å². The maximum absolute atomic E-state index is 11.7. The molecule has 0 aromatic carbocycles. The van der Waals surface area contributed by atoms with Gasteiger partial charge in [-0.2, -0.15) is 0 Å². The molecule has 0 saturated carbocycles. The van der Waals surface area contributed by atoms with Crippen LogP contribution in [0.15, 0.2) is 0 Å². The Morgan fingerprint density at radius 1 is 1.21 bits per heavy atom. The third-order valence-corrected chi connectivity index (χ3v) is 3.51. The molecule has 0 bridgehead atoms. The standard InChI is InChI=1S/C11H20N2O/c1-12-7-3-10(4-8-12)9-11(14)13-5-2-6-13/h10H,2-9H2,1H3. The fourth-order valence-electron chi connectivity index (χ4n) is 2.21. The van der Waals surface area contributed by atoms with Crippen LogP contribution in [-0.4, -0.2) is 48.9 Å². The third-order valence-electron chi connectivity index (χ3n) is 3.51. The van der Waals surface area contributed by atoms with Crippen molar-refractivity contribution in [3.63, 3.8) is 0 Å². The van der Waals surface area contributed by atoms with Crippen LogP contribution >= 0.6 is 0 Å². The zero-order valence-corrected chi connectivity index (χ0v) is 9.04. The molecule has 0 radical (unpaired) electrons. The zero-order chi connectivity index (χ0) is 9.97. The maximum Gasteiger partial charge on any atom is 0.222 e. The fourth-order valence-corrected chi connectivity index (χ4v) is 2.21. The Hall–Kier alpha value is -0.570. The van der Waals surface area contributed by atoms with Gasteiger partial charge in [0, 0.05) is 19.5 Å². The van der Waals surface area contributed by atoms with Crippen molar-refractivity contribution in [2.24, 2.45) is 5.92 Å². The minimum atomic E-state index is 0.394. The molecule has 2 rings (SSSR count). The lowest BCUT2D eigenvalue weighted by molar-refractivity contribution is -0.135. The van der Waals surface area contributed by atoms with Gasteiger partial charge in [-0.1, -0.05) is 0 Å². The van der Waals surface area contributed by atoms with E-state index >= 15 is 0 Å². The SMILES string of the molecule is CN1CCC(CC(=O)N2CCC2)CC1. The number of carbonyl (C=O) groups is 1. The molecular weight excluding hydrogens is 176 g/mol. The molecule has 0 aromatic heterocycles. The highest BCUT2D eigenvalue weighted by atomic mass is 16.2. The van der Waals surface area contributed by atoms with Crippen LogP contribution in [0.1, 0.15) is 25.7 Å². The first-order valence-corrected chi connectivity index (χ1v) is 5.72. The summed E-state index contributed by atoms with van der Waals surface area (Å²) < 4.78 is 0. The fraction of sp³-hybridized carbons (Fsp3) is 0.909. The molecule has 0 unspecified atom stereocenters. The molecule has 0 spiro atoms. The molecule has 0 atom stereocenters. The van der Waals surface area contributed by atoms with Gasteiger partial charge in [-0.3, -0.25) is 4.79 Å². The Morgan fingerprint density at radius 2 is 1.86 bits per heavy atom. The van der Waals surface area contributed by atoms with Crippen LogP contribution in [0.4, 0.5) is 0 Å². The number of amides is 1. The third kappa shape index (κ3) is 2.27. The molecule has 2 aliphatic heterocycles. The molecule has 0 aliphatic carbocycles. The molecule has 3 nitrogen and oxygen atoms in total. The highest BCUT2D eigenvalue weighted by Gasteiger charge is 2.25. The van der Waals surface area contributed by atoms with Gasteiger partial charge in [-0.05, 0) is 45.3 Å². The van der Waals surface area contributed by atoms with Gasteiger partial charge < -0.3 is 9.80 Å². The van der Waals surface area contributed by atoms with Crippen LogP contribution in [0, 0.1) is 5.92 Å². The number of hydrogen-bond donors (Lipinski definition) is 0. The van der Waals surface area contributed by atoms with E-state index in [2.05, 4.69) is 11.9 Å². The zero-order valence-electron chi connectivity index (χ0n) is 9.04. The van der Waals surface area contributed by atoms with Crippen LogP contribution in [0.25, 0.3) is 0 Å². The molecular formula is C11H20N2O. The summed E-state index contributed by atoms with van der Waals surface area (Å²) >= 11 is 0. The summed E-state index contributed by atoms with van der Waals surface area (Å²) in [6.07, 6.45) is 4.42. The highest BCUT2D eigenvalue weighted by molar-refractivity contribution is 5.77. The Bertz CT molecular complexity index is 205. The number of likely N-dealkylation sites (tertiary alicyclic amines) is 2. The van der Waals surface area contributed by atoms with Gasteiger partial charge in [0.2, 0.25) is 5.91 Å². The van der Waals surface area contributed by atoms with Crippen LogP contribution in [0.3, 0.4) is 0 Å². The van der Waals surface area contributed by atoms with Crippen molar-refractivity contribution in [3.8, 4) is 0 Å². The molecule has 0 N–H and O–H groups in total. The number of carbonyl (C=O) groups excluding carboxylic acids is 1. The minimum Gasteiger partial charge on any atom is -0.343 e. The minimum absolute atomic E-state index is 0.394. The number of nitrogens with zero attached hydrogens (tertiary/aromatic N) is 2. The smallest absolute Gasteiger partial charge is 0.222 e. The second-order valence-electron chi connectivity index (χ2n) is 4.69. The molecule has 2 aliphatic rings. The average molecular weight is 196 g/mol. The molecule has 2 fully saturated rings. The van der Waals surface area contributed by atoms with Gasteiger partial charge in [-0.15, -0.1) is 0 Å². The van der Waals surface area contributed by atoms with E-state index in [-0.39, 0.29) is 0 Å². The summed E-state index contributed by atoms with van der Waals surface area (Å²) in [5.41, 5.74) is 0. The van der Waals surface area contributed by atoms with Crippen molar-refractivity contribution in [2.45, 2.75) is 25.7 Å². The van der Waals surface area contributed by atoms with Crippen LogP contribution in [0.5, 0.6) is 0 Å². The number of piperidine rings is 1. The summed E-state index contributed by atoms with van der Waals surface area (Å²) in [7, 11) is 2.16. The second kappa shape index (κ2) is 4.30. The lowest BCUT2D eigenvalue weighted by Gasteiger charge is -2.34.